The Morgan fingerprint density at radius 2 is 2.33 bits per heavy atom. The second-order valence-corrected chi connectivity index (χ2v) is 5.16. The fourth-order valence-electron chi connectivity index (χ4n) is 2.82. The van der Waals surface area contributed by atoms with Gasteiger partial charge in [-0.3, -0.25) is 4.79 Å². The first kappa shape index (κ1) is 13.7. The van der Waals surface area contributed by atoms with Crippen LogP contribution >= 0.6 is 0 Å². The molecule has 3 rings (SSSR count). The van der Waals surface area contributed by atoms with Gasteiger partial charge in [0.2, 0.25) is 0 Å². The molecule has 110 valence electrons. The van der Waals surface area contributed by atoms with E-state index in [1.807, 2.05) is 11.6 Å². The van der Waals surface area contributed by atoms with Crippen molar-refractivity contribution in [2.75, 3.05) is 20.3 Å². The number of carbonyl (C=O) groups excluding carboxylic acids is 1. The van der Waals surface area contributed by atoms with E-state index in [1.165, 1.54) is 12.4 Å². The van der Waals surface area contributed by atoms with Gasteiger partial charge in [-0.25, -0.2) is 4.98 Å². The Balaban J connectivity index is 1.88. The summed E-state index contributed by atoms with van der Waals surface area (Å²) in [5, 5.41) is 7.46. The van der Waals surface area contributed by atoms with Gasteiger partial charge in [-0.15, -0.1) is 0 Å². The lowest BCUT2D eigenvalue weighted by atomic mass is 9.98. The molecule has 0 saturated heterocycles. The predicted octanol–water partition coefficient (Wildman–Crippen LogP) is 0.596. The molecule has 0 N–H and O–H groups in total. The lowest BCUT2D eigenvalue weighted by Gasteiger charge is -2.32. The van der Waals surface area contributed by atoms with E-state index in [1.54, 1.807) is 24.4 Å². The number of amides is 1. The molecule has 3 heterocycles. The molecule has 0 bridgehead atoms. The monoisotopic (exact) mass is 287 g/mol. The molecule has 2 aromatic heterocycles. The number of hydrogen-bond acceptors (Lipinski definition) is 5. The number of methoxy groups -OCH3 is 1. The number of aryl methyl sites for hydroxylation is 1. The Bertz CT molecular complexity index is 640. The molecule has 1 unspecified atom stereocenters. The SMILES string of the molecule is COCC1CN(C(=O)c2ccnnc2)Cc2ncn(C)c21. The van der Waals surface area contributed by atoms with Gasteiger partial charge in [0.1, 0.15) is 0 Å². The van der Waals surface area contributed by atoms with E-state index >= 15 is 0 Å². The highest BCUT2D eigenvalue weighted by atomic mass is 16.5. The van der Waals surface area contributed by atoms with Crippen LogP contribution < -0.4 is 0 Å². The first-order chi connectivity index (χ1) is 10.2. The maximum absolute atomic E-state index is 12.5. The molecule has 0 aliphatic carbocycles. The Morgan fingerprint density at radius 3 is 3.05 bits per heavy atom. The minimum absolute atomic E-state index is 0.0534. The summed E-state index contributed by atoms with van der Waals surface area (Å²) in [5.74, 6) is 0.0762. The number of hydrogen-bond donors (Lipinski definition) is 0. The summed E-state index contributed by atoms with van der Waals surface area (Å²) in [4.78, 5) is 18.7. The summed E-state index contributed by atoms with van der Waals surface area (Å²) in [6.07, 6.45) is 4.80. The zero-order chi connectivity index (χ0) is 14.8. The van der Waals surface area contributed by atoms with E-state index in [9.17, 15) is 4.79 Å². The molecule has 1 aliphatic rings. The highest BCUT2D eigenvalue weighted by Gasteiger charge is 2.31. The molecule has 0 saturated carbocycles. The smallest absolute Gasteiger partial charge is 0.255 e. The van der Waals surface area contributed by atoms with Crippen LogP contribution in [-0.2, 0) is 18.3 Å². The first-order valence-electron chi connectivity index (χ1n) is 6.75. The van der Waals surface area contributed by atoms with Gasteiger partial charge >= 0.3 is 0 Å². The molecule has 0 fully saturated rings. The normalized spacial score (nSPS) is 17.6. The fraction of sp³-hybridized carbons (Fsp3) is 0.429. The first-order valence-corrected chi connectivity index (χ1v) is 6.75. The van der Waals surface area contributed by atoms with Gasteiger partial charge in [0.05, 0.1) is 43.1 Å². The second kappa shape index (κ2) is 5.61. The number of imidazole rings is 1. The Kier molecular flexibility index (Phi) is 3.66. The average molecular weight is 287 g/mol. The maximum Gasteiger partial charge on any atom is 0.255 e. The highest BCUT2D eigenvalue weighted by molar-refractivity contribution is 5.93. The fourth-order valence-corrected chi connectivity index (χ4v) is 2.82. The minimum Gasteiger partial charge on any atom is -0.384 e. The average Bonchev–Trinajstić information content (AvgIpc) is 2.89. The lowest BCUT2D eigenvalue weighted by Crippen LogP contribution is -2.40. The lowest BCUT2D eigenvalue weighted by molar-refractivity contribution is 0.0672. The Morgan fingerprint density at radius 1 is 1.48 bits per heavy atom. The third kappa shape index (κ3) is 2.52. The van der Waals surface area contributed by atoms with Crippen LogP contribution in [-0.4, -0.2) is 50.8 Å². The topological polar surface area (TPSA) is 73.1 Å². The van der Waals surface area contributed by atoms with E-state index in [2.05, 4.69) is 15.2 Å². The number of carbonyl (C=O) groups is 1. The van der Waals surface area contributed by atoms with Crippen LogP contribution in [0.1, 0.15) is 27.7 Å². The third-order valence-corrected chi connectivity index (χ3v) is 3.72. The van der Waals surface area contributed by atoms with Gasteiger partial charge in [-0.2, -0.15) is 10.2 Å². The van der Waals surface area contributed by atoms with Gasteiger partial charge in [-0.1, -0.05) is 0 Å². The molecule has 21 heavy (non-hydrogen) atoms. The summed E-state index contributed by atoms with van der Waals surface area (Å²) < 4.78 is 7.30. The summed E-state index contributed by atoms with van der Waals surface area (Å²) in [6, 6.07) is 1.68. The Hall–Kier alpha value is -2.28. The zero-order valence-corrected chi connectivity index (χ0v) is 12.1. The van der Waals surface area contributed by atoms with Crippen molar-refractivity contribution in [1.82, 2.24) is 24.6 Å². The molecule has 7 heteroatoms. The van der Waals surface area contributed by atoms with Crippen molar-refractivity contribution in [3.63, 3.8) is 0 Å². The summed E-state index contributed by atoms with van der Waals surface area (Å²) in [5.41, 5.74) is 2.62. The van der Waals surface area contributed by atoms with Gasteiger partial charge in [0.25, 0.3) is 5.91 Å². The molecule has 0 spiro atoms. The molecule has 7 nitrogen and oxygen atoms in total. The number of fused-ring (bicyclic) bond motifs is 1. The summed E-state index contributed by atoms with van der Waals surface area (Å²) in [6.45, 7) is 1.68. The number of aromatic nitrogens is 4. The van der Waals surface area contributed by atoms with Crippen LogP contribution in [0.15, 0.2) is 24.8 Å². The quantitative estimate of drug-likeness (QED) is 0.826. The van der Waals surface area contributed by atoms with Crippen LogP contribution in [0, 0.1) is 0 Å². The van der Waals surface area contributed by atoms with E-state index in [-0.39, 0.29) is 11.8 Å². The number of nitrogens with zero attached hydrogens (tertiary/aromatic N) is 5. The van der Waals surface area contributed by atoms with Crippen molar-refractivity contribution in [2.45, 2.75) is 12.5 Å². The molecule has 0 aromatic carbocycles. The predicted molar refractivity (Wildman–Crippen MR) is 74.6 cm³/mol. The van der Waals surface area contributed by atoms with Gasteiger partial charge in [0, 0.05) is 32.3 Å². The van der Waals surface area contributed by atoms with E-state index in [4.69, 9.17) is 4.74 Å². The molecule has 0 radical (unpaired) electrons. The van der Waals surface area contributed by atoms with Gasteiger partial charge in [-0.05, 0) is 6.07 Å². The van der Waals surface area contributed by atoms with Crippen LogP contribution in [0.5, 0.6) is 0 Å². The summed E-state index contributed by atoms with van der Waals surface area (Å²) in [7, 11) is 3.64. The number of rotatable bonds is 3. The van der Waals surface area contributed by atoms with Crippen LogP contribution in [0.2, 0.25) is 0 Å². The van der Waals surface area contributed by atoms with Crippen molar-refractivity contribution in [3.8, 4) is 0 Å². The van der Waals surface area contributed by atoms with Crippen molar-refractivity contribution in [1.29, 1.82) is 0 Å². The van der Waals surface area contributed by atoms with E-state index in [0.717, 1.165) is 11.4 Å². The molecule has 1 amide bonds. The zero-order valence-electron chi connectivity index (χ0n) is 12.1. The van der Waals surface area contributed by atoms with Crippen molar-refractivity contribution < 1.29 is 9.53 Å². The molecule has 1 aliphatic heterocycles. The van der Waals surface area contributed by atoms with Crippen LogP contribution in [0.3, 0.4) is 0 Å². The van der Waals surface area contributed by atoms with Crippen molar-refractivity contribution >= 4 is 5.91 Å². The van der Waals surface area contributed by atoms with Crippen molar-refractivity contribution in [2.24, 2.45) is 7.05 Å². The highest BCUT2D eigenvalue weighted by Crippen LogP contribution is 2.28. The van der Waals surface area contributed by atoms with Gasteiger partial charge < -0.3 is 14.2 Å². The van der Waals surface area contributed by atoms with E-state index < -0.39 is 0 Å². The molecular weight excluding hydrogens is 270 g/mol. The number of ether oxygens (including phenoxy) is 1. The summed E-state index contributed by atoms with van der Waals surface area (Å²) >= 11 is 0. The molecule has 1 atom stereocenters. The maximum atomic E-state index is 12.5. The largest absolute Gasteiger partial charge is 0.384 e. The van der Waals surface area contributed by atoms with Crippen molar-refractivity contribution in [3.05, 3.63) is 41.7 Å². The molecular formula is C14H17N5O2. The minimum atomic E-state index is -0.0534. The Labute approximate surface area is 122 Å². The van der Waals surface area contributed by atoms with Crippen LogP contribution in [0.25, 0.3) is 0 Å². The molecule has 2 aromatic rings. The van der Waals surface area contributed by atoms with E-state index in [0.29, 0.717) is 25.3 Å². The second-order valence-electron chi connectivity index (χ2n) is 5.16. The van der Waals surface area contributed by atoms with Crippen LogP contribution in [0.4, 0.5) is 0 Å². The van der Waals surface area contributed by atoms with Gasteiger partial charge in [0.15, 0.2) is 0 Å². The third-order valence-electron chi connectivity index (χ3n) is 3.72. The standard InChI is InChI=1S/C14H17N5O2/c1-18-9-15-12-7-19(6-11(8-21-2)13(12)18)14(20)10-3-4-16-17-5-10/h3-5,9,11H,6-8H2,1-2H3.